The van der Waals surface area contributed by atoms with Crippen LogP contribution >= 0.6 is 11.8 Å². The van der Waals surface area contributed by atoms with Crippen molar-refractivity contribution in [1.82, 2.24) is 29.7 Å². The van der Waals surface area contributed by atoms with E-state index in [-0.39, 0.29) is 5.95 Å². The number of nitrogens with two attached hydrogens (primary N) is 1. The smallest absolute Gasteiger partial charge is 0.232 e. The minimum atomic E-state index is 0.174. The molecule has 0 amide bonds. The molecule has 4 aromatic rings. The number of benzene rings is 2. The summed E-state index contributed by atoms with van der Waals surface area (Å²) in [5, 5.41) is 12.3. The van der Waals surface area contributed by atoms with Crippen LogP contribution in [0.15, 0.2) is 53.9 Å². The van der Waals surface area contributed by atoms with Crippen LogP contribution < -0.4 is 11.1 Å². The standard InChI is InChI=1S/C21H22N8S/c1-13-8-9-17(15(3)10-13)29-12-23-28-21(29)30-11-18-25-19(22)27-20(26-18)24-16-7-5-4-6-14(16)2/h4-10,12H,11H2,1-3H3,(H3,22,24,25,26,27). The molecule has 0 aliphatic carbocycles. The summed E-state index contributed by atoms with van der Waals surface area (Å²) < 4.78 is 1.97. The lowest BCUT2D eigenvalue weighted by atomic mass is 10.1. The minimum absolute atomic E-state index is 0.174. The molecule has 2 aromatic carbocycles. The molecule has 0 unspecified atom stereocenters. The SMILES string of the molecule is Cc1ccc(-n2cnnc2SCc2nc(N)nc(Nc3ccccc3C)n2)c(C)c1. The summed E-state index contributed by atoms with van der Waals surface area (Å²) in [6.07, 6.45) is 1.72. The topological polar surface area (TPSA) is 107 Å². The highest BCUT2D eigenvalue weighted by Crippen LogP contribution is 2.25. The molecule has 4 rings (SSSR count). The van der Waals surface area contributed by atoms with Gasteiger partial charge < -0.3 is 11.1 Å². The van der Waals surface area contributed by atoms with Crippen LogP contribution in [0.25, 0.3) is 5.69 Å². The Kier molecular flexibility index (Phi) is 5.62. The Morgan fingerprint density at radius 3 is 2.63 bits per heavy atom. The van der Waals surface area contributed by atoms with Crippen LogP contribution in [0.2, 0.25) is 0 Å². The molecule has 0 fully saturated rings. The molecule has 0 bridgehead atoms. The predicted octanol–water partition coefficient (Wildman–Crippen LogP) is 4.00. The highest BCUT2D eigenvalue weighted by Gasteiger charge is 2.12. The van der Waals surface area contributed by atoms with Crippen molar-refractivity contribution >= 4 is 29.3 Å². The molecule has 0 aliphatic rings. The van der Waals surface area contributed by atoms with E-state index in [1.54, 1.807) is 6.33 Å². The van der Waals surface area contributed by atoms with Gasteiger partial charge in [0.1, 0.15) is 12.2 Å². The number of thioether (sulfide) groups is 1. The van der Waals surface area contributed by atoms with Gasteiger partial charge in [-0.2, -0.15) is 15.0 Å². The molecule has 0 atom stereocenters. The van der Waals surface area contributed by atoms with Crippen molar-refractivity contribution in [2.75, 3.05) is 11.1 Å². The van der Waals surface area contributed by atoms with Crippen LogP contribution in [-0.4, -0.2) is 29.7 Å². The summed E-state index contributed by atoms with van der Waals surface area (Å²) in [5.74, 6) is 1.65. The molecule has 0 radical (unpaired) electrons. The Morgan fingerprint density at radius 2 is 1.83 bits per heavy atom. The van der Waals surface area contributed by atoms with E-state index in [0.29, 0.717) is 17.5 Å². The lowest BCUT2D eigenvalue weighted by molar-refractivity contribution is 0.874. The number of rotatable bonds is 6. The van der Waals surface area contributed by atoms with Gasteiger partial charge in [-0.3, -0.25) is 4.57 Å². The fraction of sp³-hybridized carbons (Fsp3) is 0.190. The number of anilines is 3. The fourth-order valence-electron chi connectivity index (χ4n) is 3.08. The van der Waals surface area contributed by atoms with E-state index >= 15 is 0 Å². The monoisotopic (exact) mass is 418 g/mol. The Labute approximate surface area is 179 Å². The largest absolute Gasteiger partial charge is 0.368 e. The summed E-state index contributed by atoms with van der Waals surface area (Å²) in [7, 11) is 0. The summed E-state index contributed by atoms with van der Waals surface area (Å²) in [6, 6.07) is 14.2. The molecule has 30 heavy (non-hydrogen) atoms. The third-order valence-corrected chi connectivity index (χ3v) is 5.49. The molecule has 8 nitrogen and oxygen atoms in total. The van der Waals surface area contributed by atoms with Crippen LogP contribution in [-0.2, 0) is 5.75 Å². The third kappa shape index (κ3) is 4.41. The van der Waals surface area contributed by atoms with Crippen LogP contribution in [0, 0.1) is 20.8 Å². The molecule has 152 valence electrons. The number of hydrogen-bond donors (Lipinski definition) is 2. The zero-order valence-electron chi connectivity index (χ0n) is 17.0. The fourth-order valence-corrected chi connectivity index (χ4v) is 3.86. The van der Waals surface area contributed by atoms with Crippen molar-refractivity contribution in [3.05, 3.63) is 71.3 Å². The number of para-hydroxylation sites is 1. The maximum Gasteiger partial charge on any atom is 0.232 e. The first kappa shape index (κ1) is 19.8. The van der Waals surface area contributed by atoms with Gasteiger partial charge >= 0.3 is 0 Å². The van der Waals surface area contributed by atoms with Crippen LogP contribution in [0.5, 0.6) is 0 Å². The van der Waals surface area contributed by atoms with E-state index in [0.717, 1.165) is 27.7 Å². The van der Waals surface area contributed by atoms with E-state index in [9.17, 15) is 0 Å². The molecule has 0 saturated heterocycles. The Bertz CT molecular complexity index is 1190. The van der Waals surface area contributed by atoms with Gasteiger partial charge in [0.2, 0.25) is 11.9 Å². The highest BCUT2D eigenvalue weighted by atomic mass is 32.2. The van der Waals surface area contributed by atoms with Crippen molar-refractivity contribution in [3.63, 3.8) is 0 Å². The van der Waals surface area contributed by atoms with Crippen molar-refractivity contribution in [3.8, 4) is 5.69 Å². The zero-order valence-corrected chi connectivity index (χ0v) is 17.8. The van der Waals surface area contributed by atoms with Gasteiger partial charge in [0.25, 0.3) is 0 Å². The number of nitrogens with zero attached hydrogens (tertiary/aromatic N) is 6. The van der Waals surface area contributed by atoms with Gasteiger partial charge in [0.05, 0.1) is 11.4 Å². The summed E-state index contributed by atoms with van der Waals surface area (Å²) in [4.78, 5) is 13.0. The van der Waals surface area contributed by atoms with Gasteiger partial charge in [-0.15, -0.1) is 10.2 Å². The molecule has 9 heteroatoms. The van der Waals surface area contributed by atoms with Crippen LogP contribution in [0.3, 0.4) is 0 Å². The van der Waals surface area contributed by atoms with Crippen LogP contribution in [0.1, 0.15) is 22.5 Å². The Hall–Kier alpha value is -3.46. The Balaban J connectivity index is 1.53. The average Bonchev–Trinajstić information content (AvgIpc) is 3.16. The normalized spacial score (nSPS) is 10.9. The van der Waals surface area contributed by atoms with E-state index in [1.165, 1.54) is 17.3 Å². The molecule has 3 N–H and O–H groups in total. The summed E-state index contributed by atoms with van der Waals surface area (Å²) >= 11 is 1.49. The first-order chi connectivity index (χ1) is 14.5. The maximum atomic E-state index is 5.91. The van der Waals surface area contributed by atoms with Gasteiger partial charge in [-0.1, -0.05) is 47.7 Å². The quantitative estimate of drug-likeness (QED) is 0.453. The zero-order chi connectivity index (χ0) is 21.1. The van der Waals surface area contributed by atoms with Gasteiger partial charge in [0, 0.05) is 5.69 Å². The molecule has 2 aromatic heterocycles. The van der Waals surface area contributed by atoms with E-state index in [2.05, 4.69) is 62.5 Å². The van der Waals surface area contributed by atoms with Crippen molar-refractivity contribution in [2.45, 2.75) is 31.7 Å². The second-order valence-electron chi connectivity index (χ2n) is 6.94. The van der Waals surface area contributed by atoms with E-state index in [4.69, 9.17) is 5.73 Å². The van der Waals surface area contributed by atoms with E-state index in [1.807, 2.05) is 35.8 Å². The second-order valence-corrected chi connectivity index (χ2v) is 7.88. The molecular formula is C21H22N8S. The number of aryl methyl sites for hydroxylation is 3. The molecule has 2 heterocycles. The summed E-state index contributed by atoms with van der Waals surface area (Å²) in [6.45, 7) is 6.17. The number of aromatic nitrogens is 6. The van der Waals surface area contributed by atoms with Crippen LogP contribution in [0.4, 0.5) is 17.6 Å². The number of hydrogen-bond acceptors (Lipinski definition) is 8. The number of nitrogen functional groups attached to an aromatic ring is 1. The minimum Gasteiger partial charge on any atom is -0.368 e. The Morgan fingerprint density at radius 1 is 1.00 bits per heavy atom. The van der Waals surface area contributed by atoms with Crippen molar-refractivity contribution in [2.24, 2.45) is 0 Å². The molecular weight excluding hydrogens is 396 g/mol. The first-order valence-electron chi connectivity index (χ1n) is 9.43. The highest BCUT2D eigenvalue weighted by molar-refractivity contribution is 7.98. The van der Waals surface area contributed by atoms with Crippen molar-refractivity contribution < 1.29 is 0 Å². The number of nitrogens with one attached hydrogen (secondary N) is 1. The lowest BCUT2D eigenvalue weighted by Gasteiger charge is -2.11. The summed E-state index contributed by atoms with van der Waals surface area (Å²) in [5.41, 5.74) is 11.3. The van der Waals surface area contributed by atoms with Gasteiger partial charge in [-0.05, 0) is 44.0 Å². The maximum absolute atomic E-state index is 5.91. The van der Waals surface area contributed by atoms with Gasteiger partial charge in [0.15, 0.2) is 5.16 Å². The third-order valence-electron chi connectivity index (χ3n) is 4.55. The van der Waals surface area contributed by atoms with Gasteiger partial charge in [-0.25, -0.2) is 0 Å². The second kappa shape index (κ2) is 8.50. The first-order valence-corrected chi connectivity index (χ1v) is 10.4. The lowest BCUT2D eigenvalue weighted by Crippen LogP contribution is -2.07. The molecule has 0 aliphatic heterocycles. The molecule has 0 saturated carbocycles. The average molecular weight is 419 g/mol. The van der Waals surface area contributed by atoms with E-state index < -0.39 is 0 Å². The molecule has 0 spiro atoms. The predicted molar refractivity (Wildman–Crippen MR) is 119 cm³/mol. The van der Waals surface area contributed by atoms with Crippen molar-refractivity contribution in [1.29, 1.82) is 0 Å².